The van der Waals surface area contributed by atoms with Crippen LogP contribution in [0.5, 0.6) is 17.2 Å². The van der Waals surface area contributed by atoms with Crippen molar-refractivity contribution in [3.8, 4) is 17.2 Å². The van der Waals surface area contributed by atoms with Gasteiger partial charge in [0.25, 0.3) is 0 Å². The molecule has 6 heteroatoms. The SMILES string of the molecule is Cc1ccc2cccc([O][Al]([O]c3cc(C(C)(C)C)cc(C(C)(C)C)c3)[O]c3cccc4ccc(C)nc34)c2n1. The standard InChI is InChI=1S/C14H22O.2C10H9NO.Al/c1-13(2,3)10-7-11(14(4,5)6)9-12(15)8-10;2*1-7-5-6-8-3-2-4-9(12)10(8)11-7;/h7-9,15H,1-6H3;2*2-6,12H,1H3;/q;;;+3/p-3. The minimum atomic E-state index is -2.89. The maximum Gasteiger partial charge on any atom is 1.20 e. The van der Waals surface area contributed by atoms with Crippen LogP contribution < -0.4 is 11.4 Å². The Labute approximate surface area is 242 Å². The first kappa shape index (κ1) is 28.0. The molecule has 0 fully saturated rings. The van der Waals surface area contributed by atoms with E-state index >= 15 is 0 Å². The number of para-hydroxylation sites is 2. The van der Waals surface area contributed by atoms with Crippen molar-refractivity contribution in [2.75, 3.05) is 0 Å². The Morgan fingerprint density at radius 1 is 0.550 bits per heavy atom. The molecule has 0 aliphatic carbocycles. The fourth-order valence-corrected chi connectivity index (χ4v) is 5.85. The highest BCUT2D eigenvalue weighted by Crippen LogP contribution is 2.34. The summed E-state index contributed by atoms with van der Waals surface area (Å²) in [6.07, 6.45) is 0. The van der Waals surface area contributed by atoms with Gasteiger partial charge in [0.15, 0.2) is 0 Å². The lowest BCUT2D eigenvalue weighted by atomic mass is 9.80. The van der Waals surface area contributed by atoms with Gasteiger partial charge in [-0.05, 0) is 72.2 Å². The van der Waals surface area contributed by atoms with Gasteiger partial charge in [-0.15, -0.1) is 0 Å². The van der Waals surface area contributed by atoms with Crippen molar-refractivity contribution < 1.29 is 11.4 Å². The molecule has 0 spiro atoms. The van der Waals surface area contributed by atoms with Crippen LogP contribution in [0.2, 0.25) is 0 Å². The molecule has 0 amide bonds. The maximum absolute atomic E-state index is 6.69. The first-order valence-electron chi connectivity index (χ1n) is 13.8. The summed E-state index contributed by atoms with van der Waals surface area (Å²) < 4.78 is 19.9. The van der Waals surface area contributed by atoms with Gasteiger partial charge in [-0.25, -0.2) is 9.97 Å². The zero-order valence-electron chi connectivity index (χ0n) is 24.7. The fraction of sp³-hybridized carbons (Fsp3) is 0.294. The predicted molar refractivity (Wildman–Crippen MR) is 164 cm³/mol. The Balaban J connectivity index is 1.60. The molecule has 5 aromatic rings. The van der Waals surface area contributed by atoms with E-state index in [2.05, 4.69) is 71.9 Å². The summed E-state index contributed by atoms with van der Waals surface area (Å²) in [6, 6.07) is 26.5. The molecule has 2 aromatic heterocycles. The summed E-state index contributed by atoms with van der Waals surface area (Å²) in [5.41, 5.74) is 5.73. The van der Waals surface area contributed by atoms with Crippen LogP contribution in [0.15, 0.2) is 78.9 Å². The molecule has 5 rings (SSSR count). The van der Waals surface area contributed by atoms with Crippen LogP contribution in [-0.2, 0) is 10.8 Å². The molecule has 0 bridgehead atoms. The van der Waals surface area contributed by atoms with Gasteiger partial charge in [0.2, 0.25) is 0 Å². The maximum atomic E-state index is 6.69. The molecule has 0 radical (unpaired) electrons. The van der Waals surface area contributed by atoms with Gasteiger partial charge in [-0.1, -0.05) is 84.0 Å². The molecular weight excluding hydrogens is 511 g/mol. The molecule has 0 atom stereocenters. The average Bonchev–Trinajstić information content (AvgIpc) is 2.88. The van der Waals surface area contributed by atoms with Crippen LogP contribution in [0.25, 0.3) is 21.8 Å². The third kappa shape index (κ3) is 6.25. The van der Waals surface area contributed by atoms with E-state index in [0.29, 0.717) is 11.5 Å². The Morgan fingerprint density at radius 3 is 1.43 bits per heavy atom. The molecule has 40 heavy (non-hydrogen) atoms. The largest absolute Gasteiger partial charge is 1.20 e. The number of aryl methyl sites for hydroxylation is 2. The molecule has 3 aromatic carbocycles. The van der Waals surface area contributed by atoms with Gasteiger partial charge in [0, 0.05) is 22.2 Å². The second-order valence-corrected chi connectivity index (χ2v) is 13.7. The van der Waals surface area contributed by atoms with Crippen LogP contribution in [0, 0.1) is 13.8 Å². The number of hydrogen-bond donors (Lipinski definition) is 0. The highest BCUT2D eigenvalue weighted by molar-refractivity contribution is 6.40. The van der Waals surface area contributed by atoms with Crippen molar-refractivity contribution >= 4 is 37.0 Å². The smallest absolute Gasteiger partial charge is 0.577 e. The average molecular weight is 549 g/mol. The number of rotatable bonds is 6. The highest BCUT2D eigenvalue weighted by Gasteiger charge is 2.45. The molecule has 204 valence electrons. The zero-order chi connectivity index (χ0) is 28.7. The summed E-state index contributed by atoms with van der Waals surface area (Å²) >= 11 is -2.89. The van der Waals surface area contributed by atoms with Crippen molar-refractivity contribution in [2.45, 2.75) is 66.2 Å². The molecule has 0 saturated carbocycles. The lowest BCUT2D eigenvalue weighted by molar-refractivity contribution is 0.309. The summed E-state index contributed by atoms with van der Waals surface area (Å²) in [6.45, 7) is 17.3. The van der Waals surface area contributed by atoms with Gasteiger partial charge in [0.05, 0.1) is 5.75 Å². The Bertz CT molecular complexity index is 1570. The monoisotopic (exact) mass is 548 g/mol. The number of fused-ring (bicyclic) bond motifs is 2. The Kier molecular flexibility index (Phi) is 7.53. The molecule has 0 aliphatic heterocycles. The van der Waals surface area contributed by atoms with Crippen molar-refractivity contribution in [2.24, 2.45) is 0 Å². The fourth-order valence-electron chi connectivity index (χ4n) is 4.55. The van der Waals surface area contributed by atoms with E-state index in [-0.39, 0.29) is 10.8 Å². The minimum Gasteiger partial charge on any atom is -0.577 e. The van der Waals surface area contributed by atoms with Crippen molar-refractivity contribution in [3.63, 3.8) is 0 Å². The zero-order valence-corrected chi connectivity index (χ0v) is 25.9. The van der Waals surface area contributed by atoms with Crippen LogP contribution in [0.3, 0.4) is 0 Å². The van der Waals surface area contributed by atoms with E-state index in [0.717, 1.165) is 38.9 Å². The topological polar surface area (TPSA) is 53.5 Å². The molecule has 2 heterocycles. The summed E-state index contributed by atoms with van der Waals surface area (Å²) in [7, 11) is 0. The Hall–Kier alpha value is -3.59. The van der Waals surface area contributed by atoms with Crippen LogP contribution in [0.1, 0.15) is 64.1 Å². The van der Waals surface area contributed by atoms with E-state index in [9.17, 15) is 0 Å². The third-order valence-corrected chi connectivity index (χ3v) is 8.32. The van der Waals surface area contributed by atoms with Crippen molar-refractivity contribution in [1.82, 2.24) is 9.97 Å². The second kappa shape index (κ2) is 10.8. The van der Waals surface area contributed by atoms with Gasteiger partial charge in [-0.3, -0.25) is 0 Å². The molecule has 0 aliphatic rings. The number of pyridine rings is 2. The van der Waals surface area contributed by atoms with E-state index in [1.165, 1.54) is 11.1 Å². The quantitative estimate of drug-likeness (QED) is 0.199. The van der Waals surface area contributed by atoms with Crippen LogP contribution >= 0.6 is 0 Å². The van der Waals surface area contributed by atoms with Crippen LogP contribution in [-0.4, -0.2) is 25.1 Å². The van der Waals surface area contributed by atoms with E-state index < -0.39 is 15.1 Å². The number of benzene rings is 3. The molecule has 0 unspecified atom stereocenters. The van der Waals surface area contributed by atoms with Gasteiger partial charge >= 0.3 is 15.1 Å². The first-order valence-corrected chi connectivity index (χ1v) is 15.2. The predicted octanol–water partition coefficient (Wildman–Crippen LogP) is 8.52. The third-order valence-electron chi connectivity index (χ3n) is 6.96. The molecular formula is C34H37AlN2O3. The van der Waals surface area contributed by atoms with Crippen molar-refractivity contribution in [3.05, 3.63) is 101 Å². The highest BCUT2D eigenvalue weighted by atomic mass is 27.3. The van der Waals surface area contributed by atoms with E-state index in [1.54, 1.807) is 0 Å². The normalized spacial score (nSPS) is 12.0. The number of nitrogens with zero attached hydrogens (tertiary/aromatic N) is 2. The summed E-state index contributed by atoms with van der Waals surface area (Å²) in [5, 5.41) is 2.01. The Morgan fingerprint density at radius 2 is 1.00 bits per heavy atom. The molecule has 0 saturated heterocycles. The summed E-state index contributed by atoms with van der Waals surface area (Å²) in [5.74, 6) is 2.03. The number of aromatic nitrogens is 2. The second-order valence-electron chi connectivity index (χ2n) is 12.4. The lowest BCUT2D eigenvalue weighted by Crippen LogP contribution is -2.37. The first-order chi connectivity index (χ1) is 18.9. The van der Waals surface area contributed by atoms with Crippen molar-refractivity contribution in [1.29, 1.82) is 0 Å². The van der Waals surface area contributed by atoms with Gasteiger partial charge in [-0.2, -0.15) is 0 Å². The van der Waals surface area contributed by atoms with E-state index in [4.69, 9.17) is 21.3 Å². The van der Waals surface area contributed by atoms with Gasteiger partial charge < -0.3 is 11.4 Å². The molecule has 0 N–H and O–H groups in total. The molecule has 5 nitrogen and oxygen atoms in total. The van der Waals surface area contributed by atoms with E-state index in [1.807, 2.05) is 62.4 Å². The summed E-state index contributed by atoms with van der Waals surface area (Å²) in [4.78, 5) is 9.54. The number of hydrogen-bond acceptors (Lipinski definition) is 5. The lowest BCUT2D eigenvalue weighted by Gasteiger charge is -2.27. The minimum absolute atomic E-state index is 0.0493. The van der Waals surface area contributed by atoms with Gasteiger partial charge in [0.1, 0.15) is 22.5 Å². The van der Waals surface area contributed by atoms with Crippen LogP contribution in [0.4, 0.5) is 0 Å².